The summed E-state index contributed by atoms with van der Waals surface area (Å²) in [6.45, 7) is 0. The van der Waals surface area contributed by atoms with Crippen molar-refractivity contribution in [3.8, 4) is 0 Å². The van der Waals surface area contributed by atoms with E-state index >= 15 is 0 Å². The van der Waals surface area contributed by atoms with E-state index in [1.165, 1.54) is 29.5 Å². The molecule has 0 bridgehead atoms. The summed E-state index contributed by atoms with van der Waals surface area (Å²) in [6, 6.07) is 4.62. The zero-order valence-electron chi connectivity index (χ0n) is 12.3. The highest BCUT2D eigenvalue weighted by atomic mass is 32.2. The number of rotatable bonds is 3. The van der Waals surface area contributed by atoms with Crippen LogP contribution in [0.15, 0.2) is 32.3 Å². The number of sulfonamides is 1. The van der Waals surface area contributed by atoms with Gasteiger partial charge in [-0.05, 0) is 36.8 Å². The van der Waals surface area contributed by atoms with Crippen LogP contribution in [0.2, 0.25) is 0 Å². The van der Waals surface area contributed by atoms with Gasteiger partial charge in [-0.15, -0.1) is 0 Å². The fourth-order valence-electron chi connectivity index (χ4n) is 3.70. The van der Waals surface area contributed by atoms with Gasteiger partial charge >= 0.3 is 5.76 Å². The number of aryl methyl sites for hydroxylation is 1. The zero-order chi connectivity index (χ0) is 15.5. The highest BCUT2D eigenvalue weighted by Gasteiger charge is 2.52. The highest BCUT2D eigenvalue weighted by molar-refractivity contribution is 7.89. The van der Waals surface area contributed by atoms with E-state index in [1.54, 1.807) is 13.1 Å². The molecule has 0 radical (unpaired) electrons. The van der Waals surface area contributed by atoms with Crippen molar-refractivity contribution in [2.45, 2.75) is 36.6 Å². The summed E-state index contributed by atoms with van der Waals surface area (Å²) in [5.74, 6) is 0.509. The Morgan fingerprint density at radius 2 is 1.91 bits per heavy atom. The molecule has 3 atom stereocenters. The number of benzene rings is 1. The number of oxazole rings is 1. The van der Waals surface area contributed by atoms with Gasteiger partial charge in [0.05, 0.1) is 10.4 Å². The van der Waals surface area contributed by atoms with Crippen molar-refractivity contribution in [3.63, 3.8) is 0 Å². The third-order valence-corrected chi connectivity index (χ3v) is 6.48. The van der Waals surface area contributed by atoms with E-state index < -0.39 is 15.8 Å². The first kappa shape index (κ1) is 14.0. The predicted molar refractivity (Wildman–Crippen MR) is 81.0 cm³/mol. The van der Waals surface area contributed by atoms with Gasteiger partial charge in [0.15, 0.2) is 5.58 Å². The molecule has 7 heteroatoms. The molecule has 2 saturated carbocycles. The second kappa shape index (κ2) is 4.70. The Balaban J connectivity index is 1.64. The normalized spacial score (nSPS) is 27.8. The van der Waals surface area contributed by atoms with Crippen LogP contribution in [0.5, 0.6) is 0 Å². The first-order valence-corrected chi connectivity index (χ1v) is 9.07. The average Bonchev–Trinajstić information content (AvgIpc) is 3.10. The molecule has 1 aromatic heterocycles. The van der Waals surface area contributed by atoms with Crippen LogP contribution in [0.4, 0.5) is 0 Å². The van der Waals surface area contributed by atoms with Gasteiger partial charge in [-0.3, -0.25) is 4.57 Å². The molecule has 0 aliphatic heterocycles. The van der Waals surface area contributed by atoms with Crippen molar-refractivity contribution >= 4 is 21.1 Å². The minimum Gasteiger partial charge on any atom is -0.408 e. The zero-order valence-corrected chi connectivity index (χ0v) is 13.1. The number of nitrogens with zero attached hydrogens (tertiary/aromatic N) is 1. The van der Waals surface area contributed by atoms with Crippen LogP contribution in [0.3, 0.4) is 0 Å². The third kappa shape index (κ3) is 2.11. The van der Waals surface area contributed by atoms with E-state index in [-0.39, 0.29) is 10.9 Å². The minimum absolute atomic E-state index is 0.0750. The van der Waals surface area contributed by atoms with E-state index in [1.807, 2.05) is 0 Å². The number of nitrogens with one attached hydrogen (secondary N) is 1. The maximum atomic E-state index is 12.5. The molecule has 1 heterocycles. The van der Waals surface area contributed by atoms with Gasteiger partial charge in [-0.2, -0.15) is 0 Å². The second-order valence-electron chi connectivity index (χ2n) is 6.32. The summed E-state index contributed by atoms with van der Waals surface area (Å²) in [6.07, 6.45) is 4.62. The van der Waals surface area contributed by atoms with Gasteiger partial charge in [-0.1, -0.05) is 12.8 Å². The Kier molecular flexibility index (Phi) is 2.99. The van der Waals surface area contributed by atoms with E-state index in [0.717, 1.165) is 12.8 Å². The van der Waals surface area contributed by atoms with E-state index in [0.29, 0.717) is 22.9 Å². The molecule has 2 aliphatic rings. The fraction of sp³-hybridized carbons (Fsp3) is 0.533. The molecule has 4 rings (SSSR count). The first-order valence-electron chi connectivity index (χ1n) is 7.59. The molecule has 2 fully saturated rings. The molecule has 0 saturated heterocycles. The molecule has 2 aromatic rings. The molecule has 0 spiro atoms. The van der Waals surface area contributed by atoms with E-state index in [9.17, 15) is 13.2 Å². The maximum absolute atomic E-state index is 12.5. The summed E-state index contributed by atoms with van der Waals surface area (Å²) < 4.78 is 34.3. The Morgan fingerprint density at radius 1 is 1.23 bits per heavy atom. The lowest BCUT2D eigenvalue weighted by Crippen LogP contribution is -2.27. The molecule has 1 aromatic carbocycles. The number of hydrogen-bond donors (Lipinski definition) is 1. The topological polar surface area (TPSA) is 81.3 Å². The van der Waals surface area contributed by atoms with Gasteiger partial charge in [0.25, 0.3) is 0 Å². The number of aromatic nitrogens is 1. The Labute approximate surface area is 128 Å². The predicted octanol–water partition coefficient (Wildman–Crippen LogP) is 1.60. The number of hydrogen-bond acceptors (Lipinski definition) is 4. The van der Waals surface area contributed by atoms with Gasteiger partial charge in [0.1, 0.15) is 0 Å². The van der Waals surface area contributed by atoms with Gasteiger partial charge in [-0.25, -0.2) is 17.9 Å². The van der Waals surface area contributed by atoms with Crippen LogP contribution in [0.1, 0.15) is 25.7 Å². The van der Waals surface area contributed by atoms with Crippen LogP contribution < -0.4 is 10.5 Å². The lowest BCUT2D eigenvalue weighted by molar-refractivity contribution is 0.480. The Bertz CT molecular complexity index is 884. The monoisotopic (exact) mass is 322 g/mol. The first-order chi connectivity index (χ1) is 10.5. The van der Waals surface area contributed by atoms with E-state index in [4.69, 9.17) is 4.42 Å². The standard InChI is InChI=1S/C15H18N2O4S/c1-17-12-7-6-9(8-13(12)21-15(17)18)22(19,20)16-14-10-4-2-3-5-11(10)14/h6-8,10-11,14,16H,2-5H2,1H3/t10-,11+,14?. The van der Waals surface area contributed by atoms with Crippen LogP contribution in [-0.2, 0) is 17.1 Å². The maximum Gasteiger partial charge on any atom is 0.419 e. The molecular formula is C15H18N2O4S. The largest absolute Gasteiger partial charge is 0.419 e. The molecule has 6 nitrogen and oxygen atoms in total. The van der Waals surface area contributed by atoms with Crippen molar-refractivity contribution in [2.75, 3.05) is 0 Å². The fourth-order valence-corrected chi connectivity index (χ4v) is 5.05. The van der Waals surface area contributed by atoms with Gasteiger partial charge in [0, 0.05) is 19.2 Å². The average molecular weight is 322 g/mol. The summed E-state index contributed by atoms with van der Waals surface area (Å²) in [5, 5.41) is 0. The molecule has 118 valence electrons. The summed E-state index contributed by atoms with van der Waals surface area (Å²) in [4.78, 5) is 11.6. The lowest BCUT2D eigenvalue weighted by Gasteiger charge is -2.06. The van der Waals surface area contributed by atoms with Crippen molar-refractivity contribution in [2.24, 2.45) is 18.9 Å². The Hall–Kier alpha value is -1.60. The summed E-state index contributed by atoms with van der Waals surface area (Å²) in [7, 11) is -1.98. The van der Waals surface area contributed by atoms with Crippen molar-refractivity contribution in [1.29, 1.82) is 0 Å². The van der Waals surface area contributed by atoms with Crippen molar-refractivity contribution in [1.82, 2.24) is 9.29 Å². The van der Waals surface area contributed by atoms with Crippen LogP contribution in [0.25, 0.3) is 11.1 Å². The van der Waals surface area contributed by atoms with Crippen molar-refractivity contribution < 1.29 is 12.8 Å². The second-order valence-corrected chi connectivity index (χ2v) is 8.03. The molecule has 1 unspecified atom stereocenters. The molecule has 0 amide bonds. The molecular weight excluding hydrogens is 304 g/mol. The Morgan fingerprint density at radius 3 is 2.59 bits per heavy atom. The SMILES string of the molecule is Cn1c(=O)oc2cc(S(=O)(=O)NC3[C@H]4CCCC[C@@H]34)ccc21. The smallest absolute Gasteiger partial charge is 0.408 e. The van der Waals surface area contributed by atoms with Crippen molar-refractivity contribution in [3.05, 3.63) is 28.7 Å². The van der Waals surface area contributed by atoms with Crippen LogP contribution >= 0.6 is 0 Å². The quantitative estimate of drug-likeness (QED) is 0.930. The van der Waals surface area contributed by atoms with Crippen LogP contribution in [-0.4, -0.2) is 19.0 Å². The summed E-state index contributed by atoms with van der Waals surface area (Å²) >= 11 is 0. The van der Waals surface area contributed by atoms with Gasteiger partial charge in [0.2, 0.25) is 10.0 Å². The van der Waals surface area contributed by atoms with Gasteiger partial charge < -0.3 is 4.42 Å². The highest BCUT2D eigenvalue weighted by Crippen LogP contribution is 2.50. The third-order valence-electron chi connectivity index (χ3n) is 5.02. The van der Waals surface area contributed by atoms with Crippen LogP contribution in [0, 0.1) is 11.8 Å². The molecule has 22 heavy (non-hydrogen) atoms. The number of fused-ring (bicyclic) bond motifs is 2. The summed E-state index contributed by atoms with van der Waals surface area (Å²) in [5.41, 5.74) is 0.882. The minimum atomic E-state index is -3.57. The molecule has 1 N–H and O–H groups in total. The lowest BCUT2D eigenvalue weighted by atomic mass is 10.0. The molecule has 2 aliphatic carbocycles. The van der Waals surface area contributed by atoms with E-state index in [2.05, 4.69) is 4.72 Å².